The van der Waals surface area contributed by atoms with Gasteiger partial charge in [-0.1, -0.05) is 0 Å². The van der Waals surface area contributed by atoms with Gasteiger partial charge in [0, 0.05) is 13.1 Å². The van der Waals surface area contributed by atoms with Crippen molar-refractivity contribution < 1.29 is 0 Å². The summed E-state index contributed by atoms with van der Waals surface area (Å²) in [4.78, 5) is 0. The average Bonchev–Trinajstić information content (AvgIpc) is 1.89. The van der Waals surface area contributed by atoms with Gasteiger partial charge < -0.3 is 5.73 Å². The second-order valence-electron chi connectivity index (χ2n) is 1.74. The van der Waals surface area contributed by atoms with Crippen LogP contribution in [0.25, 0.3) is 0 Å². The minimum Gasteiger partial charge on any atom is -0.329 e. The Hall–Kier alpha value is 0.230. The summed E-state index contributed by atoms with van der Waals surface area (Å²) in [5.41, 5.74) is 11.3. The van der Waals surface area contributed by atoms with Crippen molar-refractivity contribution in [2.45, 2.75) is 12.3 Å². The topological polar surface area (TPSA) is 50.1 Å². The highest BCUT2D eigenvalue weighted by Crippen LogP contribution is 1.97. The maximum atomic E-state index is 5.25. The molecule has 0 aliphatic rings. The summed E-state index contributed by atoms with van der Waals surface area (Å²) < 4.78 is 0. The lowest BCUT2D eigenvalue weighted by molar-refractivity contribution is 0.537. The molecular weight excluding hydrogens is 134 g/mol. The van der Waals surface area contributed by atoms with Crippen molar-refractivity contribution in [2.75, 3.05) is 19.3 Å². The minimum atomic E-state index is 0.455. The van der Waals surface area contributed by atoms with Crippen LogP contribution in [0, 0.1) is 0 Å². The Kier molecular flexibility index (Phi) is 6.51. The van der Waals surface area contributed by atoms with Gasteiger partial charge in [0.2, 0.25) is 0 Å². The van der Waals surface area contributed by atoms with Crippen LogP contribution < -0.4 is 16.6 Å². The highest BCUT2D eigenvalue weighted by Gasteiger charge is 1.92. The number of hydrogen-bond donors (Lipinski definition) is 3. The number of thioether (sulfide) groups is 1. The fourth-order valence-electron chi connectivity index (χ4n) is 0.347. The molecule has 0 aromatic heterocycles. The molecule has 0 heterocycles. The predicted octanol–water partition coefficient (Wildman–Crippen LogP) is -0.252. The van der Waals surface area contributed by atoms with Crippen molar-refractivity contribution >= 4 is 11.8 Å². The summed E-state index contributed by atoms with van der Waals surface area (Å²) in [5.74, 6) is 0. The van der Waals surface area contributed by atoms with Crippen LogP contribution in [-0.4, -0.2) is 24.7 Å². The molecule has 0 aliphatic heterocycles. The largest absolute Gasteiger partial charge is 0.329 e. The van der Waals surface area contributed by atoms with Crippen LogP contribution in [0.5, 0.6) is 0 Å². The molecule has 0 bridgehead atoms. The second kappa shape index (κ2) is 6.35. The molecule has 0 aromatic carbocycles. The second-order valence-corrected chi connectivity index (χ2v) is 2.92. The lowest BCUT2D eigenvalue weighted by atomic mass is 10.7. The lowest BCUT2D eigenvalue weighted by Gasteiger charge is -2.10. The molecule has 1 unspecified atom stereocenters. The van der Waals surface area contributed by atoms with Crippen molar-refractivity contribution in [3.05, 3.63) is 0 Å². The number of hydrazine groups is 1. The zero-order chi connectivity index (χ0) is 7.11. The molecular formula is C5H15N3S. The number of nitrogens with one attached hydrogen (secondary N) is 2. The maximum absolute atomic E-state index is 5.25. The fourth-order valence-corrected chi connectivity index (χ4v) is 0.548. The summed E-state index contributed by atoms with van der Waals surface area (Å²) in [5, 5.41) is 0.455. The van der Waals surface area contributed by atoms with Gasteiger partial charge in [-0.15, -0.1) is 11.8 Å². The quantitative estimate of drug-likeness (QED) is 0.286. The van der Waals surface area contributed by atoms with E-state index in [4.69, 9.17) is 5.73 Å². The van der Waals surface area contributed by atoms with Crippen LogP contribution >= 0.6 is 11.8 Å². The van der Waals surface area contributed by atoms with E-state index in [1.807, 2.05) is 0 Å². The third-order valence-corrected chi connectivity index (χ3v) is 1.75. The van der Waals surface area contributed by atoms with Crippen LogP contribution in [0.1, 0.15) is 6.92 Å². The Labute approximate surface area is 60.7 Å². The Bertz CT molecular complexity index is 60.2. The van der Waals surface area contributed by atoms with Gasteiger partial charge in [0.1, 0.15) is 0 Å². The van der Waals surface area contributed by atoms with E-state index in [1.165, 1.54) is 0 Å². The van der Waals surface area contributed by atoms with Gasteiger partial charge in [-0.25, -0.2) is 5.43 Å². The first kappa shape index (κ1) is 9.23. The molecule has 0 radical (unpaired) electrons. The maximum Gasteiger partial charge on any atom is 0.0635 e. The summed E-state index contributed by atoms with van der Waals surface area (Å²) >= 11 is 1.76. The summed E-state index contributed by atoms with van der Waals surface area (Å²) in [6, 6.07) is 0. The van der Waals surface area contributed by atoms with Gasteiger partial charge in [-0.3, -0.25) is 5.43 Å². The van der Waals surface area contributed by atoms with Crippen LogP contribution in [0.4, 0.5) is 0 Å². The van der Waals surface area contributed by atoms with E-state index in [9.17, 15) is 0 Å². The van der Waals surface area contributed by atoms with Gasteiger partial charge >= 0.3 is 0 Å². The van der Waals surface area contributed by atoms with Gasteiger partial charge in [-0.05, 0) is 13.2 Å². The predicted molar refractivity (Wildman–Crippen MR) is 43.2 cm³/mol. The summed E-state index contributed by atoms with van der Waals surface area (Å²) in [7, 11) is 0. The van der Waals surface area contributed by atoms with Crippen LogP contribution in [0.15, 0.2) is 0 Å². The molecule has 0 aromatic rings. The van der Waals surface area contributed by atoms with Crippen molar-refractivity contribution in [3.8, 4) is 0 Å². The highest BCUT2D eigenvalue weighted by molar-refractivity contribution is 7.99. The van der Waals surface area contributed by atoms with E-state index >= 15 is 0 Å². The van der Waals surface area contributed by atoms with Crippen LogP contribution in [0.2, 0.25) is 0 Å². The Morgan fingerprint density at radius 3 is 2.78 bits per heavy atom. The number of nitrogens with two attached hydrogens (primary N) is 1. The first-order chi connectivity index (χ1) is 4.31. The molecule has 1 atom stereocenters. The SMILES string of the molecule is CSC(C)NNCCN. The monoisotopic (exact) mass is 149 g/mol. The smallest absolute Gasteiger partial charge is 0.0635 e. The zero-order valence-corrected chi connectivity index (χ0v) is 6.79. The molecule has 4 heteroatoms. The zero-order valence-electron chi connectivity index (χ0n) is 5.98. The average molecular weight is 149 g/mol. The van der Waals surface area contributed by atoms with Crippen molar-refractivity contribution in [1.82, 2.24) is 10.9 Å². The first-order valence-corrected chi connectivity index (χ1v) is 4.31. The Morgan fingerprint density at radius 2 is 2.33 bits per heavy atom. The summed E-state index contributed by atoms with van der Waals surface area (Å²) in [6.07, 6.45) is 2.06. The molecule has 0 rings (SSSR count). The first-order valence-electron chi connectivity index (χ1n) is 3.02. The fraction of sp³-hybridized carbons (Fsp3) is 1.00. The lowest BCUT2D eigenvalue weighted by Crippen LogP contribution is -2.39. The molecule has 4 N–H and O–H groups in total. The molecule has 0 saturated heterocycles. The Morgan fingerprint density at radius 1 is 1.67 bits per heavy atom. The molecule has 0 aliphatic carbocycles. The van der Waals surface area contributed by atoms with Crippen molar-refractivity contribution in [1.29, 1.82) is 0 Å². The molecule has 0 spiro atoms. The van der Waals surface area contributed by atoms with Gasteiger partial charge in [0.15, 0.2) is 0 Å². The van der Waals surface area contributed by atoms with Gasteiger partial charge in [0.25, 0.3) is 0 Å². The van der Waals surface area contributed by atoms with Crippen LogP contribution in [-0.2, 0) is 0 Å². The van der Waals surface area contributed by atoms with Gasteiger partial charge in [-0.2, -0.15) is 0 Å². The molecule has 56 valence electrons. The van der Waals surface area contributed by atoms with E-state index in [-0.39, 0.29) is 0 Å². The third-order valence-electron chi connectivity index (χ3n) is 0.928. The Balaban J connectivity index is 2.88. The molecule has 3 nitrogen and oxygen atoms in total. The van der Waals surface area contributed by atoms with E-state index in [1.54, 1.807) is 11.8 Å². The molecule has 9 heavy (non-hydrogen) atoms. The minimum absolute atomic E-state index is 0.455. The van der Waals surface area contributed by atoms with Crippen LogP contribution in [0.3, 0.4) is 0 Å². The summed E-state index contributed by atoms with van der Waals surface area (Å²) in [6.45, 7) is 3.59. The highest BCUT2D eigenvalue weighted by atomic mass is 32.2. The van der Waals surface area contributed by atoms with E-state index < -0.39 is 0 Å². The standard InChI is InChI=1S/C5H15N3S/c1-5(9-2)8-7-4-3-6/h5,7-8H,3-4,6H2,1-2H3. The van der Waals surface area contributed by atoms with E-state index in [0.29, 0.717) is 11.9 Å². The molecule has 0 saturated carbocycles. The molecule has 0 fully saturated rings. The van der Waals surface area contributed by atoms with Crippen molar-refractivity contribution in [2.24, 2.45) is 5.73 Å². The molecule has 0 amide bonds. The third kappa shape index (κ3) is 6.11. The van der Waals surface area contributed by atoms with Crippen molar-refractivity contribution in [3.63, 3.8) is 0 Å². The number of rotatable bonds is 5. The number of hydrogen-bond acceptors (Lipinski definition) is 4. The van der Waals surface area contributed by atoms with E-state index in [0.717, 1.165) is 6.54 Å². The van der Waals surface area contributed by atoms with E-state index in [2.05, 4.69) is 24.0 Å². The normalized spacial score (nSPS) is 13.7. The van der Waals surface area contributed by atoms with Gasteiger partial charge in [0.05, 0.1) is 5.37 Å².